The minimum absolute atomic E-state index is 0.376. The molecule has 5 aromatic rings. The molecule has 12 nitrogen and oxygen atoms in total. The summed E-state index contributed by atoms with van der Waals surface area (Å²) in [4.78, 5) is 6.72. The van der Waals surface area contributed by atoms with Crippen molar-refractivity contribution in [2.45, 2.75) is 6.54 Å². The van der Waals surface area contributed by atoms with Crippen LogP contribution in [0.2, 0.25) is 0 Å². The van der Waals surface area contributed by atoms with E-state index in [0.29, 0.717) is 28.7 Å². The number of aromatic nitrogens is 8. The van der Waals surface area contributed by atoms with Gasteiger partial charge in [0.2, 0.25) is 0 Å². The molecular weight excluding hydrogens is 432 g/mol. The summed E-state index contributed by atoms with van der Waals surface area (Å²) >= 11 is 0. The summed E-state index contributed by atoms with van der Waals surface area (Å²) in [5.41, 5.74) is 2.54. The Hall–Kier alpha value is -4.76. The molecule has 0 saturated heterocycles. The molecule has 0 aliphatic rings. The first-order valence-electron chi connectivity index (χ1n) is 10.6. The summed E-state index contributed by atoms with van der Waals surface area (Å²) in [7, 11) is 4.05. The van der Waals surface area contributed by atoms with Crippen molar-refractivity contribution < 1.29 is 0 Å². The zero-order valence-electron chi connectivity index (χ0n) is 18.7. The molecule has 4 aromatic heterocycles. The molecule has 0 radical (unpaired) electrons. The van der Waals surface area contributed by atoms with E-state index in [-0.39, 0.29) is 0 Å². The second-order valence-corrected chi connectivity index (χ2v) is 7.87. The summed E-state index contributed by atoms with van der Waals surface area (Å²) in [5.74, 6) is 1.85. The highest BCUT2D eigenvalue weighted by Gasteiger charge is 2.13. The maximum absolute atomic E-state index is 9.52. The van der Waals surface area contributed by atoms with E-state index < -0.39 is 0 Å². The third-order valence-corrected chi connectivity index (χ3v) is 5.10. The zero-order valence-corrected chi connectivity index (χ0v) is 18.7. The summed E-state index contributed by atoms with van der Waals surface area (Å²) in [6, 6.07) is 13.6. The van der Waals surface area contributed by atoms with Crippen molar-refractivity contribution in [1.82, 2.24) is 44.0 Å². The van der Waals surface area contributed by atoms with Gasteiger partial charge < -0.3 is 15.5 Å². The topological polar surface area (TPSA) is 130 Å². The first-order valence-corrected chi connectivity index (χ1v) is 10.6. The van der Waals surface area contributed by atoms with Gasteiger partial charge in [-0.25, -0.2) is 4.98 Å². The number of nitrogens with one attached hydrogen (secondary N) is 2. The lowest BCUT2D eigenvalue weighted by Crippen LogP contribution is -2.18. The summed E-state index contributed by atoms with van der Waals surface area (Å²) < 4.78 is 5.28. The van der Waals surface area contributed by atoms with Crippen LogP contribution in [-0.4, -0.2) is 64.7 Å². The van der Waals surface area contributed by atoms with E-state index in [1.54, 1.807) is 17.2 Å². The molecule has 0 aliphatic carbocycles. The fourth-order valence-corrected chi connectivity index (χ4v) is 3.41. The molecule has 170 valence electrons. The number of rotatable bonds is 8. The first-order chi connectivity index (χ1) is 16.6. The van der Waals surface area contributed by atoms with Crippen LogP contribution >= 0.6 is 0 Å². The van der Waals surface area contributed by atoms with E-state index >= 15 is 0 Å². The van der Waals surface area contributed by atoms with Gasteiger partial charge in [0.25, 0.3) is 0 Å². The lowest BCUT2D eigenvalue weighted by Gasteiger charge is -2.12. The molecular formula is C22H22N12. The van der Waals surface area contributed by atoms with Gasteiger partial charge in [-0.1, -0.05) is 6.07 Å². The van der Waals surface area contributed by atoms with E-state index in [9.17, 15) is 5.26 Å². The summed E-state index contributed by atoms with van der Waals surface area (Å²) in [5, 5.41) is 32.8. The van der Waals surface area contributed by atoms with Crippen molar-refractivity contribution in [2.24, 2.45) is 0 Å². The highest BCUT2D eigenvalue weighted by Crippen LogP contribution is 2.25. The smallest absolute Gasteiger partial charge is 0.177 e. The van der Waals surface area contributed by atoms with Crippen molar-refractivity contribution in [3.8, 4) is 11.8 Å². The molecule has 2 N–H and O–H groups in total. The zero-order chi connectivity index (χ0) is 23.5. The van der Waals surface area contributed by atoms with Gasteiger partial charge in [-0.05, 0) is 32.3 Å². The first kappa shape index (κ1) is 21.1. The van der Waals surface area contributed by atoms with E-state index in [4.69, 9.17) is 0 Å². The van der Waals surface area contributed by atoms with Crippen LogP contribution in [0.4, 0.5) is 23.1 Å². The van der Waals surface area contributed by atoms with Crippen molar-refractivity contribution in [3.05, 3.63) is 67.0 Å². The van der Waals surface area contributed by atoms with Gasteiger partial charge in [-0.3, -0.25) is 9.25 Å². The molecule has 0 unspecified atom stereocenters. The molecule has 0 fully saturated rings. The maximum atomic E-state index is 9.52. The second-order valence-electron chi connectivity index (χ2n) is 7.87. The third kappa shape index (κ3) is 4.41. The number of hydrogen-bond donors (Lipinski definition) is 2. The molecule has 0 saturated carbocycles. The van der Waals surface area contributed by atoms with Crippen molar-refractivity contribution in [2.75, 3.05) is 31.3 Å². The molecule has 4 heterocycles. The predicted molar refractivity (Wildman–Crippen MR) is 126 cm³/mol. The molecule has 5 rings (SSSR count). The fraction of sp³-hybridized carbons (Fsp3) is 0.182. The van der Waals surface area contributed by atoms with Crippen LogP contribution in [-0.2, 0) is 6.54 Å². The lowest BCUT2D eigenvalue weighted by molar-refractivity contribution is 0.373. The van der Waals surface area contributed by atoms with Crippen LogP contribution in [0, 0.1) is 11.3 Å². The Morgan fingerprint density at radius 1 is 1.06 bits per heavy atom. The van der Waals surface area contributed by atoms with E-state index in [1.165, 1.54) is 6.20 Å². The number of benzene rings is 1. The Kier molecular flexibility index (Phi) is 5.59. The minimum Gasteiger partial charge on any atom is -0.340 e. The maximum Gasteiger partial charge on any atom is 0.177 e. The van der Waals surface area contributed by atoms with Gasteiger partial charge in [0.15, 0.2) is 11.5 Å². The lowest BCUT2D eigenvalue weighted by atomic mass is 10.2. The number of likely N-dealkylation sites (N-methyl/N-ethyl adjacent to an activating group) is 1. The number of nitrogens with zero attached hydrogens (tertiary/aromatic N) is 10. The number of hydrogen-bond acceptors (Lipinski definition) is 9. The normalized spacial score (nSPS) is 11.1. The SMILES string of the molecule is CN(C)CCn1ccc(Nc2cc(Nc3cccc(-n4cnnc4)c3)nc3c(C#N)cnn23)n1. The van der Waals surface area contributed by atoms with Gasteiger partial charge >= 0.3 is 0 Å². The summed E-state index contributed by atoms with van der Waals surface area (Å²) in [6.45, 7) is 1.66. The highest BCUT2D eigenvalue weighted by molar-refractivity contribution is 5.69. The Balaban J connectivity index is 1.46. The molecule has 1 aromatic carbocycles. The van der Waals surface area contributed by atoms with Crippen LogP contribution in [0.1, 0.15) is 5.56 Å². The Bertz CT molecular complexity index is 1460. The van der Waals surface area contributed by atoms with Crippen molar-refractivity contribution in [1.29, 1.82) is 5.26 Å². The fourth-order valence-electron chi connectivity index (χ4n) is 3.41. The van der Waals surface area contributed by atoms with Crippen molar-refractivity contribution >= 4 is 28.8 Å². The number of anilines is 4. The molecule has 0 atom stereocenters. The molecule has 0 aliphatic heterocycles. The molecule has 12 heteroatoms. The van der Waals surface area contributed by atoms with Crippen LogP contribution in [0.15, 0.2) is 61.4 Å². The van der Waals surface area contributed by atoms with Crippen molar-refractivity contribution in [3.63, 3.8) is 0 Å². The third-order valence-electron chi connectivity index (χ3n) is 5.10. The monoisotopic (exact) mass is 454 g/mol. The van der Waals surface area contributed by atoms with E-state index in [1.807, 2.05) is 65.9 Å². The molecule has 0 amide bonds. The van der Waals surface area contributed by atoms with Gasteiger partial charge in [-0.2, -0.15) is 20.0 Å². The van der Waals surface area contributed by atoms with Gasteiger partial charge in [0, 0.05) is 30.6 Å². The Morgan fingerprint density at radius 3 is 2.71 bits per heavy atom. The van der Waals surface area contributed by atoms with Gasteiger partial charge in [-0.15, -0.1) is 10.2 Å². The minimum atomic E-state index is 0.376. The average Bonchev–Trinajstić information content (AvgIpc) is 3.59. The van der Waals surface area contributed by atoms with Crippen LogP contribution in [0.25, 0.3) is 11.3 Å². The van der Waals surface area contributed by atoms with Gasteiger partial charge in [0.1, 0.15) is 35.9 Å². The second kappa shape index (κ2) is 9.00. The number of fused-ring (bicyclic) bond motifs is 1. The molecule has 34 heavy (non-hydrogen) atoms. The van der Waals surface area contributed by atoms with Crippen LogP contribution in [0.3, 0.4) is 0 Å². The standard InChI is InChI=1S/C22H22N12/c1-31(2)8-9-33-7-6-19(30-33)28-21-11-20(29-22-16(12-23)13-26-34(21)22)27-17-4-3-5-18(10-17)32-14-24-25-15-32/h3-7,10-11,13-15H,8-9H2,1-2H3,(H,27,29)(H,28,30). The highest BCUT2D eigenvalue weighted by atomic mass is 15.4. The predicted octanol–water partition coefficient (Wildman–Crippen LogP) is 2.43. The Labute approximate surface area is 195 Å². The Morgan fingerprint density at radius 2 is 1.91 bits per heavy atom. The van der Waals surface area contributed by atoms with E-state index in [0.717, 1.165) is 24.5 Å². The molecule has 0 spiro atoms. The van der Waals surface area contributed by atoms with Gasteiger partial charge in [0.05, 0.1) is 18.4 Å². The number of nitriles is 1. The largest absolute Gasteiger partial charge is 0.340 e. The average molecular weight is 455 g/mol. The van der Waals surface area contributed by atoms with Crippen LogP contribution < -0.4 is 10.6 Å². The van der Waals surface area contributed by atoms with Crippen LogP contribution in [0.5, 0.6) is 0 Å². The summed E-state index contributed by atoms with van der Waals surface area (Å²) in [6.07, 6.45) is 6.69. The molecule has 0 bridgehead atoms. The van der Waals surface area contributed by atoms with E-state index in [2.05, 4.69) is 47.0 Å². The quantitative estimate of drug-likeness (QED) is 0.363.